The molecule has 2 aromatic rings. The van der Waals surface area contributed by atoms with Gasteiger partial charge in [-0.25, -0.2) is 0 Å². The maximum absolute atomic E-state index is 12.3. The number of alkyl halides is 3. The fraction of sp³-hybridized carbons (Fsp3) is 0.0769. The summed E-state index contributed by atoms with van der Waals surface area (Å²) in [5.74, 6) is -0.648. The van der Waals surface area contributed by atoms with Crippen molar-refractivity contribution in [3.8, 4) is 16.9 Å². The molecule has 0 unspecified atom stereocenters. The quantitative estimate of drug-likeness (QED) is 0.363. The molecule has 23 heavy (non-hydrogen) atoms. The van der Waals surface area contributed by atoms with Crippen molar-refractivity contribution in [2.45, 2.75) is 6.36 Å². The molecule has 0 aliphatic carbocycles. The summed E-state index contributed by atoms with van der Waals surface area (Å²) in [5.41, 5.74) is -0.792. The van der Waals surface area contributed by atoms with Gasteiger partial charge in [-0.1, -0.05) is 34.8 Å². The molecule has 2 rings (SSSR count). The van der Waals surface area contributed by atoms with Crippen LogP contribution in [0.25, 0.3) is 11.1 Å². The fourth-order valence-electron chi connectivity index (χ4n) is 1.85. The summed E-state index contributed by atoms with van der Waals surface area (Å²) in [4.78, 5) is 10.3. The number of ether oxygens (including phenoxy) is 1. The molecule has 10 heteroatoms. The SMILES string of the molecule is O=[N+]([O-])c1ccc(OC(F)(F)F)cc1-c1c(Cl)ccc(Cl)c1Cl. The van der Waals surface area contributed by atoms with E-state index in [0.717, 1.165) is 18.2 Å². The lowest BCUT2D eigenvalue weighted by Crippen LogP contribution is -2.17. The molecule has 0 saturated carbocycles. The first kappa shape index (κ1) is 17.7. The Morgan fingerprint density at radius 3 is 2.22 bits per heavy atom. The third-order valence-corrected chi connectivity index (χ3v) is 3.83. The van der Waals surface area contributed by atoms with Gasteiger partial charge < -0.3 is 4.74 Å². The molecule has 0 heterocycles. The second kappa shape index (κ2) is 6.43. The number of nitrogens with zero attached hydrogens (tertiary/aromatic N) is 1. The van der Waals surface area contributed by atoms with Crippen LogP contribution in [0.4, 0.5) is 18.9 Å². The van der Waals surface area contributed by atoms with Crippen molar-refractivity contribution in [1.29, 1.82) is 0 Å². The summed E-state index contributed by atoms with van der Waals surface area (Å²) < 4.78 is 40.8. The molecule has 0 aliphatic rings. The maximum Gasteiger partial charge on any atom is 0.573 e. The number of hydrogen-bond acceptors (Lipinski definition) is 3. The molecule has 0 fully saturated rings. The molecule has 0 spiro atoms. The van der Waals surface area contributed by atoms with Crippen LogP contribution in [0.15, 0.2) is 30.3 Å². The Balaban J connectivity index is 2.71. The van der Waals surface area contributed by atoms with Crippen LogP contribution in [0.1, 0.15) is 0 Å². The summed E-state index contributed by atoms with van der Waals surface area (Å²) >= 11 is 17.8. The molecule has 2 aromatic carbocycles. The third kappa shape index (κ3) is 3.99. The Morgan fingerprint density at radius 2 is 1.65 bits per heavy atom. The molecule has 0 radical (unpaired) electrons. The lowest BCUT2D eigenvalue weighted by atomic mass is 10.0. The van der Waals surface area contributed by atoms with Crippen LogP contribution in [-0.2, 0) is 0 Å². The highest BCUT2D eigenvalue weighted by Crippen LogP contribution is 2.44. The molecule has 0 atom stereocenters. The first-order valence-corrected chi connectivity index (χ1v) is 6.91. The van der Waals surface area contributed by atoms with Crippen LogP contribution in [-0.4, -0.2) is 11.3 Å². The normalized spacial score (nSPS) is 11.4. The van der Waals surface area contributed by atoms with Crippen molar-refractivity contribution >= 4 is 40.5 Å². The first-order valence-electron chi connectivity index (χ1n) is 5.78. The average molecular weight is 387 g/mol. The lowest BCUT2D eigenvalue weighted by Gasteiger charge is -2.13. The van der Waals surface area contributed by atoms with Crippen molar-refractivity contribution in [2.24, 2.45) is 0 Å². The monoisotopic (exact) mass is 385 g/mol. The van der Waals surface area contributed by atoms with Gasteiger partial charge >= 0.3 is 6.36 Å². The van der Waals surface area contributed by atoms with Gasteiger partial charge in [0.2, 0.25) is 0 Å². The van der Waals surface area contributed by atoms with Crippen LogP contribution >= 0.6 is 34.8 Å². The highest BCUT2D eigenvalue weighted by atomic mass is 35.5. The molecular formula is C13H5Cl3F3NO3. The minimum Gasteiger partial charge on any atom is -0.406 e. The average Bonchev–Trinajstić information content (AvgIpc) is 2.41. The molecule has 0 saturated heterocycles. The maximum atomic E-state index is 12.3. The van der Waals surface area contributed by atoms with Gasteiger partial charge in [0.15, 0.2) is 0 Å². The van der Waals surface area contributed by atoms with Crippen LogP contribution in [0.3, 0.4) is 0 Å². The topological polar surface area (TPSA) is 52.4 Å². The van der Waals surface area contributed by atoms with E-state index in [1.165, 1.54) is 12.1 Å². The Morgan fingerprint density at radius 1 is 1.04 bits per heavy atom. The van der Waals surface area contributed by atoms with Crippen molar-refractivity contribution < 1.29 is 22.8 Å². The van der Waals surface area contributed by atoms with E-state index < -0.39 is 22.7 Å². The molecule has 0 bridgehead atoms. The molecule has 4 nitrogen and oxygen atoms in total. The predicted molar refractivity (Wildman–Crippen MR) is 80.2 cm³/mol. The number of halogens is 6. The molecular weight excluding hydrogens is 382 g/mol. The second-order valence-electron chi connectivity index (χ2n) is 4.20. The fourth-order valence-corrected chi connectivity index (χ4v) is 2.58. The number of benzene rings is 2. The zero-order chi connectivity index (χ0) is 17.4. The molecule has 0 aliphatic heterocycles. The van der Waals surface area contributed by atoms with E-state index >= 15 is 0 Å². The van der Waals surface area contributed by atoms with E-state index in [4.69, 9.17) is 34.8 Å². The molecule has 122 valence electrons. The molecule has 0 amide bonds. The predicted octanol–water partition coefficient (Wildman–Crippen LogP) is 6.12. The van der Waals surface area contributed by atoms with Crippen molar-refractivity contribution in [3.05, 3.63) is 55.5 Å². The molecule has 0 aromatic heterocycles. The van der Waals surface area contributed by atoms with Crippen LogP contribution in [0, 0.1) is 10.1 Å². The Labute approximate surface area is 142 Å². The van der Waals surface area contributed by atoms with Crippen molar-refractivity contribution in [3.63, 3.8) is 0 Å². The summed E-state index contributed by atoms with van der Waals surface area (Å²) in [6.07, 6.45) is -4.95. The van der Waals surface area contributed by atoms with Crippen LogP contribution < -0.4 is 4.74 Å². The Hall–Kier alpha value is -1.70. The minimum absolute atomic E-state index is 0.00772. The van der Waals surface area contributed by atoms with Gasteiger partial charge in [0.05, 0.1) is 25.6 Å². The largest absolute Gasteiger partial charge is 0.573 e. The number of rotatable bonds is 3. The van der Waals surface area contributed by atoms with Gasteiger partial charge in [-0.15, -0.1) is 13.2 Å². The van der Waals surface area contributed by atoms with E-state index in [1.54, 1.807) is 0 Å². The van der Waals surface area contributed by atoms with E-state index in [1.807, 2.05) is 0 Å². The minimum atomic E-state index is -4.95. The van der Waals surface area contributed by atoms with Gasteiger partial charge in [0, 0.05) is 11.6 Å². The number of hydrogen-bond donors (Lipinski definition) is 0. The highest BCUT2D eigenvalue weighted by Gasteiger charge is 2.32. The smallest absolute Gasteiger partial charge is 0.406 e. The Bertz CT molecular complexity index is 781. The van der Waals surface area contributed by atoms with Gasteiger partial charge in [-0.2, -0.15) is 0 Å². The summed E-state index contributed by atoms with van der Waals surface area (Å²) in [7, 11) is 0. The summed E-state index contributed by atoms with van der Waals surface area (Å²) in [6.45, 7) is 0. The Kier molecular flexibility index (Phi) is 4.93. The summed E-state index contributed by atoms with van der Waals surface area (Å²) in [5, 5.41) is 11.0. The van der Waals surface area contributed by atoms with Crippen molar-refractivity contribution in [2.75, 3.05) is 0 Å². The van der Waals surface area contributed by atoms with Gasteiger partial charge in [0.1, 0.15) is 5.75 Å². The third-order valence-electron chi connectivity index (χ3n) is 2.71. The zero-order valence-corrected chi connectivity index (χ0v) is 13.1. The van der Waals surface area contributed by atoms with Crippen LogP contribution in [0.5, 0.6) is 5.75 Å². The van der Waals surface area contributed by atoms with Gasteiger partial charge in [-0.3, -0.25) is 10.1 Å². The standard InChI is InChI=1S/C13H5Cl3F3NO3/c14-8-2-3-9(15)12(16)11(8)7-5-6(23-13(17,18)19)1-4-10(7)20(21)22/h1-5H. The van der Waals surface area contributed by atoms with Gasteiger partial charge in [-0.05, 0) is 24.3 Å². The number of nitro groups is 1. The summed E-state index contributed by atoms with van der Waals surface area (Å²) in [6, 6.07) is 5.20. The first-order chi connectivity index (χ1) is 10.6. The zero-order valence-electron chi connectivity index (χ0n) is 10.8. The second-order valence-corrected chi connectivity index (χ2v) is 5.39. The van der Waals surface area contributed by atoms with E-state index in [0.29, 0.717) is 0 Å². The van der Waals surface area contributed by atoms with E-state index in [9.17, 15) is 23.3 Å². The molecule has 0 N–H and O–H groups in total. The highest BCUT2D eigenvalue weighted by molar-refractivity contribution is 6.46. The van der Waals surface area contributed by atoms with Crippen LogP contribution in [0.2, 0.25) is 15.1 Å². The van der Waals surface area contributed by atoms with Gasteiger partial charge in [0.25, 0.3) is 5.69 Å². The van der Waals surface area contributed by atoms with E-state index in [2.05, 4.69) is 4.74 Å². The lowest BCUT2D eigenvalue weighted by molar-refractivity contribution is -0.384. The van der Waals surface area contributed by atoms with E-state index in [-0.39, 0.29) is 26.2 Å². The number of nitro benzene ring substituents is 1. The van der Waals surface area contributed by atoms with Crippen molar-refractivity contribution in [1.82, 2.24) is 0 Å².